The number of rotatable bonds is 3. The summed E-state index contributed by atoms with van der Waals surface area (Å²) >= 11 is 0. The van der Waals surface area contributed by atoms with E-state index < -0.39 is 21.1 Å². The molecule has 0 amide bonds. The summed E-state index contributed by atoms with van der Waals surface area (Å²) in [7, 11) is -3.22. The van der Waals surface area contributed by atoms with Gasteiger partial charge in [-0.3, -0.25) is 9.36 Å². The minimum atomic E-state index is -3.22. The molecule has 0 atom stereocenters. The monoisotopic (exact) mass is 268 g/mol. The van der Waals surface area contributed by atoms with Crippen LogP contribution in [0.15, 0.2) is 33.9 Å². The van der Waals surface area contributed by atoms with E-state index in [1.54, 1.807) is 24.3 Å². The van der Waals surface area contributed by atoms with E-state index in [-0.39, 0.29) is 12.3 Å². The first kappa shape index (κ1) is 12.6. The number of para-hydroxylation sites is 1. The largest absolute Gasteiger partial charge is 0.328 e. The predicted molar refractivity (Wildman–Crippen MR) is 68.5 cm³/mol. The van der Waals surface area contributed by atoms with Crippen molar-refractivity contribution in [3.63, 3.8) is 0 Å². The lowest BCUT2D eigenvalue weighted by atomic mass is 10.2. The van der Waals surface area contributed by atoms with Crippen LogP contribution in [0.4, 0.5) is 0 Å². The molecule has 7 heteroatoms. The maximum atomic E-state index is 12.0. The van der Waals surface area contributed by atoms with E-state index in [0.29, 0.717) is 10.9 Å². The van der Waals surface area contributed by atoms with Gasteiger partial charge in [0.25, 0.3) is 5.56 Å². The first-order chi connectivity index (χ1) is 8.38. The summed E-state index contributed by atoms with van der Waals surface area (Å²) < 4.78 is 23.0. The molecule has 0 saturated heterocycles. The average Bonchev–Trinajstić information content (AvgIpc) is 2.27. The van der Waals surface area contributed by atoms with Crippen LogP contribution in [0, 0.1) is 0 Å². The number of hydrogen-bond acceptors (Lipinski definition) is 4. The number of hydrogen-bond donors (Lipinski definition) is 1. The highest BCUT2D eigenvalue weighted by Crippen LogP contribution is 2.02. The lowest BCUT2D eigenvalue weighted by molar-refractivity contribution is 0.590. The summed E-state index contributed by atoms with van der Waals surface area (Å²) in [6, 6.07) is 6.60. The predicted octanol–water partition coefficient (Wildman–Crippen LogP) is -0.266. The van der Waals surface area contributed by atoms with Crippen LogP contribution >= 0.6 is 0 Å². The highest BCUT2D eigenvalue weighted by molar-refractivity contribution is 7.90. The Bertz CT molecular complexity index is 802. The molecular weight excluding hydrogens is 256 g/mol. The van der Waals surface area contributed by atoms with Crippen molar-refractivity contribution in [3.8, 4) is 0 Å². The van der Waals surface area contributed by atoms with Crippen LogP contribution in [0.2, 0.25) is 0 Å². The molecular formula is C11H12N2O4S. The molecule has 0 saturated carbocycles. The van der Waals surface area contributed by atoms with Crippen LogP contribution in [0.5, 0.6) is 0 Å². The summed E-state index contributed by atoms with van der Waals surface area (Å²) in [6.07, 6.45) is 1.06. The van der Waals surface area contributed by atoms with Gasteiger partial charge in [-0.05, 0) is 12.1 Å². The normalized spacial score (nSPS) is 11.8. The average molecular weight is 268 g/mol. The van der Waals surface area contributed by atoms with Gasteiger partial charge >= 0.3 is 5.69 Å². The molecule has 0 unspecified atom stereocenters. The van der Waals surface area contributed by atoms with Crippen molar-refractivity contribution in [3.05, 3.63) is 45.1 Å². The maximum absolute atomic E-state index is 12.0. The van der Waals surface area contributed by atoms with Gasteiger partial charge in [0, 0.05) is 12.8 Å². The second-order valence-corrected chi connectivity index (χ2v) is 6.32. The Morgan fingerprint density at radius 1 is 1.22 bits per heavy atom. The molecule has 6 nitrogen and oxygen atoms in total. The summed E-state index contributed by atoms with van der Waals surface area (Å²) in [5.74, 6) is -0.242. The lowest BCUT2D eigenvalue weighted by Crippen LogP contribution is -2.36. The SMILES string of the molecule is CS(=O)(=O)CCn1c(=O)[nH]c2ccccc2c1=O. The molecule has 96 valence electrons. The van der Waals surface area contributed by atoms with Crippen molar-refractivity contribution in [2.24, 2.45) is 0 Å². The van der Waals surface area contributed by atoms with E-state index in [2.05, 4.69) is 4.98 Å². The quantitative estimate of drug-likeness (QED) is 0.830. The standard InChI is InChI=1S/C11H12N2O4S/c1-18(16,17)7-6-13-10(14)8-4-2-3-5-9(8)12-11(13)15/h2-5H,6-7H2,1H3,(H,12,15). The van der Waals surface area contributed by atoms with Gasteiger partial charge in [0.15, 0.2) is 0 Å². The van der Waals surface area contributed by atoms with Gasteiger partial charge in [0.05, 0.1) is 16.7 Å². The van der Waals surface area contributed by atoms with E-state index in [4.69, 9.17) is 0 Å². The molecule has 0 radical (unpaired) electrons. The molecule has 1 aromatic carbocycles. The van der Waals surface area contributed by atoms with Gasteiger partial charge in [0.2, 0.25) is 0 Å². The van der Waals surface area contributed by atoms with E-state index in [1.807, 2.05) is 0 Å². The van der Waals surface area contributed by atoms with Crippen molar-refractivity contribution in [1.29, 1.82) is 0 Å². The fourth-order valence-electron chi connectivity index (χ4n) is 1.66. The zero-order valence-electron chi connectivity index (χ0n) is 9.71. The third kappa shape index (κ3) is 2.51. The Morgan fingerprint density at radius 3 is 2.56 bits per heavy atom. The Labute approximate surface area is 103 Å². The van der Waals surface area contributed by atoms with Crippen LogP contribution in [-0.2, 0) is 16.4 Å². The molecule has 1 heterocycles. The van der Waals surface area contributed by atoms with Gasteiger partial charge in [-0.15, -0.1) is 0 Å². The molecule has 0 aliphatic rings. The number of aromatic amines is 1. The molecule has 0 spiro atoms. The molecule has 1 aromatic heterocycles. The van der Waals surface area contributed by atoms with E-state index >= 15 is 0 Å². The molecule has 0 bridgehead atoms. The van der Waals surface area contributed by atoms with Crippen LogP contribution < -0.4 is 11.2 Å². The van der Waals surface area contributed by atoms with Crippen molar-refractivity contribution in [2.45, 2.75) is 6.54 Å². The third-order valence-electron chi connectivity index (χ3n) is 2.58. The number of benzene rings is 1. The minimum absolute atomic E-state index is 0.141. The first-order valence-corrected chi connectivity index (χ1v) is 7.34. The maximum Gasteiger partial charge on any atom is 0.328 e. The smallest absolute Gasteiger partial charge is 0.307 e. The number of H-pyrrole nitrogens is 1. The number of nitrogens with one attached hydrogen (secondary N) is 1. The Kier molecular flexibility index (Phi) is 3.08. The van der Waals surface area contributed by atoms with Crippen LogP contribution in [0.25, 0.3) is 10.9 Å². The van der Waals surface area contributed by atoms with Crippen molar-refractivity contribution in [2.75, 3.05) is 12.0 Å². The topological polar surface area (TPSA) is 89.0 Å². The van der Waals surface area contributed by atoms with Crippen molar-refractivity contribution in [1.82, 2.24) is 9.55 Å². The second kappa shape index (κ2) is 4.41. The fourth-order valence-corrected chi connectivity index (χ4v) is 2.17. The summed E-state index contributed by atoms with van der Waals surface area (Å²) in [5, 5.41) is 0.366. The zero-order chi connectivity index (χ0) is 13.3. The number of nitrogens with zero attached hydrogens (tertiary/aromatic N) is 1. The van der Waals surface area contributed by atoms with Gasteiger partial charge in [0.1, 0.15) is 9.84 Å². The molecule has 0 aliphatic heterocycles. The summed E-state index contributed by atoms with van der Waals surface area (Å²) in [6.45, 7) is -0.141. The Hall–Kier alpha value is -1.89. The second-order valence-electron chi connectivity index (χ2n) is 4.06. The van der Waals surface area contributed by atoms with Gasteiger partial charge in [-0.1, -0.05) is 12.1 Å². The van der Waals surface area contributed by atoms with Crippen molar-refractivity contribution < 1.29 is 8.42 Å². The van der Waals surface area contributed by atoms with Crippen molar-refractivity contribution >= 4 is 20.7 Å². The van der Waals surface area contributed by atoms with E-state index in [0.717, 1.165) is 10.8 Å². The highest BCUT2D eigenvalue weighted by atomic mass is 32.2. The van der Waals surface area contributed by atoms with E-state index in [1.165, 1.54) is 0 Å². The van der Waals surface area contributed by atoms with Crippen LogP contribution in [0.1, 0.15) is 0 Å². The minimum Gasteiger partial charge on any atom is -0.307 e. The Morgan fingerprint density at radius 2 is 1.89 bits per heavy atom. The molecule has 0 fully saturated rings. The third-order valence-corrected chi connectivity index (χ3v) is 3.50. The molecule has 0 aliphatic carbocycles. The fraction of sp³-hybridized carbons (Fsp3) is 0.273. The van der Waals surface area contributed by atoms with Gasteiger partial charge in [-0.2, -0.15) is 0 Å². The van der Waals surface area contributed by atoms with Gasteiger partial charge in [-0.25, -0.2) is 13.2 Å². The van der Waals surface area contributed by atoms with E-state index in [9.17, 15) is 18.0 Å². The highest BCUT2D eigenvalue weighted by Gasteiger charge is 2.09. The lowest BCUT2D eigenvalue weighted by Gasteiger charge is -2.05. The number of aromatic nitrogens is 2. The van der Waals surface area contributed by atoms with Gasteiger partial charge < -0.3 is 4.98 Å². The summed E-state index contributed by atoms with van der Waals surface area (Å²) in [5.41, 5.74) is -0.622. The molecule has 2 aromatic rings. The summed E-state index contributed by atoms with van der Waals surface area (Å²) in [4.78, 5) is 26.2. The van der Waals surface area contributed by atoms with Crippen LogP contribution in [-0.4, -0.2) is 30.0 Å². The first-order valence-electron chi connectivity index (χ1n) is 5.28. The molecule has 18 heavy (non-hydrogen) atoms. The zero-order valence-corrected chi connectivity index (χ0v) is 10.5. The Balaban J connectivity index is 2.58. The molecule has 2 rings (SSSR count). The molecule has 1 N–H and O–H groups in total. The van der Waals surface area contributed by atoms with Crippen LogP contribution in [0.3, 0.4) is 0 Å². The number of fused-ring (bicyclic) bond motifs is 1. The number of sulfone groups is 1.